The van der Waals surface area contributed by atoms with E-state index in [0.717, 1.165) is 28.1 Å². The van der Waals surface area contributed by atoms with E-state index in [4.69, 9.17) is 10.2 Å². The van der Waals surface area contributed by atoms with E-state index in [0.29, 0.717) is 6.54 Å². The van der Waals surface area contributed by atoms with Crippen LogP contribution in [0.5, 0.6) is 0 Å². The minimum absolute atomic E-state index is 0.0833. The summed E-state index contributed by atoms with van der Waals surface area (Å²) in [5.41, 5.74) is 10.2. The highest BCUT2D eigenvalue weighted by atomic mass is 16.3. The molecule has 2 amide bonds. The van der Waals surface area contributed by atoms with Gasteiger partial charge in [0.25, 0.3) is 0 Å². The SMILES string of the molecule is Cc1cc(C(N)c2ccc3c(c2)CN(C)C(=O)N3)co1. The Balaban J connectivity index is 1.92. The Bertz CT molecular complexity index is 663. The molecule has 1 aromatic heterocycles. The van der Waals surface area contributed by atoms with Gasteiger partial charge in [-0.3, -0.25) is 0 Å². The number of benzene rings is 1. The third kappa shape index (κ3) is 2.16. The van der Waals surface area contributed by atoms with Crippen LogP contribution in [0.15, 0.2) is 34.9 Å². The quantitative estimate of drug-likeness (QED) is 0.882. The monoisotopic (exact) mass is 271 g/mol. The Morgan fingerprint density at radius 3 is 2.85 bits per heavy atom. The van der Waals surface area contributed by atoms with Gasteiger partial charge in [0.1, 0.15) is 5.76 Å². The van der Waals surface area contributed by atoms with E-state index in [-0.39, 0.29) is 12.1 Å². The van der Waals surface area contributed by atoms with Crippen molar-refractivity contribution in [3.8, 4) is 0 Å². The highest BCUT2D eigenvalue weighted by Crippen LogP contribution is 2.28. The summed E-state index contributed by atoms with van der Waals surface area (Å²) in [4.78, 5) is 13.2. The Kier molecular flexibility index (Phi) is 2.99. The van der Waals surface area contributed by atoms with Crippen molar-refractivity contribution in [1.82, 2.24) is 4.90 Å². The maximum absolute atomic E-state index is 11.6. The molecule has 2 heterocycles. The molecular formula is C15H17N3O2. The van der Waals surface area contributed by atoms with Gasteiger partial charge in [-0.1, -0.05) is 12.1 Å². The van der Waals surface area contributed by atoms with Gasteiger partial charge in [0.05, 0.1) is 12.3 Å². The number of aryl methyl sites for hydroxylation is 1. The van der Waals surface area contributed by atoms with Crippen molar-refractivity contribution in [3.05, 3.63) is 53.0 Å². The van der Waals surface area contributed by atoms with Crippen molar-refractivity contribution < 1.29 is 9.21 Å². The molecule has 1 aliphatic heterocycles. The lowest BCUT2D eigenvalue weighted by atomic mass is 9.98. The fourth-order valence-electron chi connectivity index (χ4n) is 2.42. The number of anilines is 1. The number of nitrogens with one attached hydrogen (secondary N) is 1. The summed E-state index contributed by atoms with van der Waals surface area (Å²) in [6.45, 7) is 2.49. The Morgan fingerprint density at radius 1 is 1.35 bits per heavy atom. The summed E-state index contributed by atoms with van der Waals surface area (Å²) < 4.78 is 5.31. The summed E-state index contributed by atoms with van der Waals surface area (Å²) >= 11 is 0. The van der Waals surface area contributed by atoms with Crippen molar-refractivity contribution in [3.63, 3.8) is 0 Å². The lowest BCUT2D eigenvalue weighted by Gasteiger charge is -2.26. The number of nitrogens with two attached hydrogens (primary N) is 1. The predicted molar refractivity (Wildman–Crippen MR) is 76.4 cm³/mol. The molecule has 0 saturated heterocycles. The third-order valence-corrected chi connectivity index (χ3v) is 3.59. The molecule has 0 spiro atoms. The topological polar surface area (TPSA) is 71.5 Å². The number of hydrogen-bond acceptors (Lipinski definition) is 3. The lowest BCUT2D eigenvalue weighted by molar-refractivity contribution is 0.218. The minimum atomic E-state index is -0.222. The second-order valence-corrected chi connectivity index (χ2v) is 5.17. The van der Waals surface area contributed by atoms with E-state index in [1.54, 1.807) is 18.2 Å². The zero-order chi connectivity index (χ0) is 14.3. The van der Waals surface area contributed by atoms with E-state index in [9.17, 15) is 4.79 Å². The van der Waals surface area contributed by atoms with Crippen molar-refractivity contribution in [2.45, 2.75) is 19.5 Å². The van der Waals surface area contributed by atoms with Gasteiger partial charge in [0.2, 0.25) is 0 Å². The summed E-state index contributed by atoms with van der Waals surface area (Å²) in [7, 11) is 1.77. The number of nitrogens with zero attached hydrogens (tertiary/aromatic N) is 1. The van der Waals surface area contributed by atoms with Crippen LogP contribution in [0.1, 0.15) is 28.5 Å². The zero-order valence-corrected chi connectivity index (χ0v) is 11.5. The lowest BCUT2D eigenvalue weighted by Crippen LogP contribution is -2.35. The van der Waals surface area contributed by atoms with E-state index >= 15 is 0 Å². The molecule has 104 valence electrons. The fourth-order valence-corrected chi connectivity index (χ4v) is 2.42. The number of amides is 2. The molecule has 20 heavy (non-hydrogen) atoms. The highest BCUT2D eigenvalue weighted by molar-refractivity contribution is 5.92. The van der Waals surface area contributed by atoms with Crippen molar-refractivity contribution >= 4 is 11.7 Å². The predicted octanol–water partition coefficient (Wildman–Crippen LogP) is 2.61. The van der Waals surface area contributed by atoms with E-state index in [1.807, 2.05) is 31.2 Å². The number of hydrogen-bond donors (Lipinski definition) is 2. The Hall–Kier alpha value is -2.27. The van der Waals surface area contributed by atoms with Gasteiger partial charge in [0.15, 0.2) is 0 Å². The number of furan rings is 1. The first-order chi connectivity index (χ1) is 9.54. The van der Waals surface area contributed by atoms with Gasteiger partial charge in [-0.2, -0.15) is 0 Å². The molecule has 1 unspecified atom stereocenters. The van der Waals surface area contributed by atoms with Gasteiger partial charge in [-0.05, 0) is 30.2 Å². The largest absolute Gasteiger partial charge is 0.469 e. The van der Waals surface area contributed by atoms with Crippen LogP contribution in [0.3, 0.4) is 0 Å². The van der Waals surface area contributed by atoms with E-state index in [2.05, 4.69) is 5.32 Å². The summed E-state index contributed by atoms with van der Waals surface area (Å²) in [5.74, 6) is 0.848. The van der Waals surface area contributed by atoms with Crippen LogP contribution in [0, 0.1) is 6.92 Å². The van der Waals surface area contributed by atoms with Crippen LogP contribution in [-0.2, 0) is 6.54 Å². The average molecular weight is 271 g/mol. The van der Waals surface area contributed by atoms with Crippen LogP contribution in [0.4, 0.5) is 10.5 Å². The highest BCUT2D eigenvalue weighted by Gasteiger charge is 2.21. The molecule has 5 nitrogen and oxygen atoms in total. The summed E-state index contributed by atoms with van der Waals surface area (Å²) in [6.07, 6.45) is 1.69. The number of rotatable bonds is 2. The molecule has 5 heteroatoms. The number of carbonyl (C=O) groups is 1. The normalized spacial score (nSPS) is 15.8. The van der Waals surface area contributed by atoms with Gasteiger partial charge in [-0.15, -0.1) is 0 Å². The second kappa shape index (κ2) is 4.68. The van der Waals surface area contributed by atoms with Gasteiger partial charge in [0, 0.05) is 24.8 Å². The van der Waals surface area contributed by atoms with Crippen molar-refractivity contribution in [2.24, 2.45) is 5.73 Å². The maximum Gasteiger partial charge on any atom is 0.321 e. The van der Waals surface area contributed by atoms with Crippen LogP contribution in [-0.4, -0.2) is 18.0 Å². The van der Waals surface area contributed by atoms with Gasteiger partial charge < -0.3 is 20.4 Å². The van der Waals surface area contributed by atoms with Crippen LogP contribution in [0.2, 0.25) is 0 Å². The van der Waals surface area contributed by atoms with Crippen molar-refractivity contribution in [1.29, 1.82) is 0 Å². The molecule has 0 fully saturated rings. The Labute approximate surface area is 117 Å². The summed E-state index contributed by atoms with van der Waals surface area (Å²) in [5, 5.41) is 2.85. The summed E-state index contributed by atoms with van der Waals surface area (Å²) in [6, 6.07) is 7.52. The van der Waals surface area contributed by atoms with E-state index < -0.39 is 0 Å². The van der Waals surface area contributed by atoms with Crippen LogP contribution >= 0.6 is 0 Å². The molecule has 2 aromatic rings. The fraction of sp³-hybridized carbons (Fsp3) is 0.267. The molecule has 3 rings (SSSR count). The maximum atomic E-state index is 11.6. The van der Waals surface area contributed by atoms with Gasteiger partial charge in [-0.25, -0.2) is 4.79 Å². The number of carbonyl (C=O) groups excluding carboxylic acids is 1. The zero-order valence-electron chi connectivity index (χ0n) is 11.5. The first-order valence-electron chi connectivity index (χ1n) is 6.50. The molecule has 1 aromatic carbocycles. The molecule has 0 saturated carbocycles. The first kappa shape index (κ1) is 12.7. The molecule has 1 aliphatic rings. The van der Waals surface area contributed by atoms with Gasteiger partial charge >= 0.3 is 6.03 Å². The molecule has 0 bridgehead atoms. The first-order valence-corrected chi connectivity index (χ1v) is 6.50. The number of urea groups is 1. The van der Waals surface area contributed by atoms with Crippen LogP contribution < -0.4 is 11.1 Å². The molecule has 0 radical (unpaired) electrons. The third-order valence-electron chi connectivity index (χ3n) is 3.59. The smallest absolute Gasteiger partial charge is 0.321 e. The van der Waals surface area contributed by atoms with Crippen LogP contribution in [0.25, 0.3) is 0 Å². The standard InChI is InChI=1S/C15H17N3O2/c1-9-5-12(8-20-9)14(16)10-3-4-13-11(6-10)7-18(2)15(19)17-13/h3-6,8,14H,7,16H2,1-2H3,(H,17,19). The Morgan fingerprint density at radius 2 is 2.15 bits per heavy atom. The molecule has 0 aliphatic carbocycles. The average Bonchev–Trinajstić information content (AvgIpc) is 2.85. The second-order valence-electron chi connectivity index (χ2n) is 5.17. The minimum Gasteiger partial charge on any atom is -0.469 e. The molecule has 1 atom stereocenters. The van der Waals surface area contributed by atoms with E-state index in [1.165, 1.54) is 0 Å². The number of fused-ring (bicyclic) bond motifs is 1. The van der Waals surface area contributed by atoms with Crippen molar-refractivity contribution in [2.75, 3.05) is 12.4 Å². The molecular weight excluding hydrogens is 254 g/mol. The molecule has 3 N–H and O–H groups in total.